The van der Waals surface area contributed by atoms with Gasteiger partial charge in [-0.05, 0) is 28.8 Å². The molecule has 1 aromatic heterocycles. The Labute approximate surface area is 146 Å². The van der Waals surface area contributed by atoms with Crippen LogP contribution in [0.15, 0.2) is 47.1 Å². The quantitative estimate of drug-likeness (QED) is 0.752. The Morgan fingerprint density at radius 1 is 1.20 bits per heavy atom. The molecule has 3 aromatic rings. The van der Waals surface area contributed by atoms with Gasteiger partial charge < -0.3 is 19.8 Å². The van der Waals surface area contributed by atoms with Crippen LogP contribution in [0.5, 0.6) is 5.75 Å². The first kappa shape index (κ1) is 15.7. The Kier molecular flexibility index (Phi) is 4.15. The van der Waals surface area contributed by atoms with Crippen molar-refractivity contribution in [2.24, 2.45) is 0 Å². The van der Waals surface area contributed by atoms with Gasteiger partial charge in [-0.1, -0.05) is 18.2 Å². The lowest BCUT2D eigenvalue weighted by Crippen LogP contribution is -2.24. The molecule has 2 aromatic carbocycles. The monoisotopic (exact) mass is 336 g/mol. The lowest BCUT2D eigenvalue weighted by atomic mass is 10.1. The molecule has 0 saturated heterocycles. The Hall–Kier alpha value is -2.79. The van der Waals surface area contributed by atoms with E-state index in [9.17, 15) is 4.79 Å². The maximum Gasteiger partial charge on any atom is 0.224 e. The van der Waals surface area contributed by atoms with E-state index in [-0.39, 0.29) is 5.91 Å². The SMILES string of the molecule is COc1ccc2c(CC(=O)NCc3ccc4c(c3)CNC4)coc2c1. The second kappa shape index (κ2) is 6.61. The first-order valence-corrected chi connectivity index (χ1v) is 8.35. The van der Waals surface area contributed by atoms with Gasteiger partial charge in [0.1, 0.15) is 11.3 Å². The first-order valence-electron chi connectivity index (χ1n) is 8.35. The summed E-state index contributed by atoms with van der Waals surface area (Å²) in [7, 11) is 1.62. The lowest BCUT2D eigenvalue weighted by molar-refractivity contribution is -0.120. The average Bonchev–Trinajstić information content (AvgIpc) is 3.26. The smallest absolute Gasteiger partial charge is 0.224 e. The van der Waals surface area contributed by atoms with Crippen LogP contribution in [0.1, 0.15) is 22.3 Å². The summed E-state index contributed by atoms with van der Waals surface area (Å²) in [6.45, 7) is 2.37. The van der Waals surface area contributed by atoms with E-state index in [1.165, 1.54) is 11.1 Å². The highest BCUT2D eigenvalue weighted by Crippen LogP contribution is 2.26. The van der Waals surface area contributed by atoms with E-state index in [0.29, 0.717) is 13.0 Å². The minimum atomic E-state index is -0.0165. The number of ether oxygens (including phenoxy) is 1. The molecule has 0 saturated carbocycles. The van der Waals surface area contributed by atoms with Crippen LogP contribution < -0.4 is 15.4 Å². The van der Waals surface area contributed by atoms with Gasteiger partial charge >= 0.3 is 0 Å². The third kappa shape index (κ3) is 3.23. The summed E-state index contributed by atoms with van der Waals surface area (Å²) in [4.78, 5) is 12.3. The number of fused-ring (bicyclic) bond motifs is 2. The number of carbonyl (C=O) groups excluding carboxylic acids is 1. The van der Waals surface area contributed by atoms with E-state index in [0.717, 1.165) is 40.9 Å². The zero-order chi connectivity index (χ0) is 17.2. The van der Waals surface area contributed by atoms with Gasteiger partial charge in [0.25, 0.3) is 0 Å². The molecule has 2 N–H and O–H groups in total. The number of rotatable bonds is 5. The van der Waals surface area contributed by atoms with Crippen molar-refractivity contribution in [3.05, 3.63) is 64.9 Å². The van der Waals surface area contributed by atoms with Crippen molar-refractivity contribution in [3.63, 3.8) is 0 Å². The van der Waals surface area contributed by atoms with Gasteiger partial charge in [-0.2, -0.15) is 0 Å². The summed E-state index contributed by atoms with van der Waals surface area (Å²) in [6, 6.07) is 12.0. The van der Waals surface area contributed by atoms with Crippen LogP contribution in [0.4, 0.5) is 0 Å². The second-order valence-electron chi connectivity index (χ2n) is 6.28. The Morgan fingerprint density at radius 2 is 2.08 bits per heavy atom. The summed E-state index contributed by atoms with van der Waals surface area (Å²) in [5, 5.41) is 7.26. The molecule has 1 aliphatic heterocycles. The molecule has 25 heavy (non-hydrogen) atoms. The van der Waals surface area contributed by atoms with E-state index in [2.05, 4.69) is 28.8 Å². The van der Waals surface area contributed by atoms with Crippen LogP contribution in [-0.4, -0.2) is 13.0 Å². The largest absolute Gasteiger partial charge is 0.497 e. The molecular formula is C20H20N2O3. The fraction of sp³-hybridized carbons (Fsp3) is 0.250. The Morgan fingerprint density at radius 3 is 2.96 bits per heavy atom. The Balaban J connectivity index is 1.40. The molecule has 2 heterocycles. The summed E-state index contributed by atoms with van der Waals surface area (Å²) < 4.78 is 10.7. The van der Waals surface area contributed by atoms with E-state index < -0.39 is 0 Å². The summed E-state index contributed by atoms with van der Waals surface area (Å²) in [5.74, 6) is 0.723. The van der Waals surface area contributed by atoms with Crippen LogP contribution in [0.25, 0.3) is 11.0 Å². The molecular weight excluding hydrogens is 316 g/mol. The van der Waals surface area contributed by atoms with Crippen LogP contribution in [0.3, 0.4) is 0 Å². The summed E-state index contributed by atoms with van der Waals surface area (Å²) in [5.41, 5.74) is 5.40. The van der Waals surface area contributed by atoms with Gasteiger partial charge in [0.15, 0.2) is 0 Å². The van der Waals surface area contributed by atoms with Gasteiger partial charge in [-0.15, -0.1) is 0 Å². The van der Waals surface area contributed by atoms with Crippen LogP contribution in [-0.2, 0) is 30.8 Å². The topological polar surface area (TPSA) is 63.5 Å². The van der Waals surface area contributed by atoms with Gasteiger partial charge in [0.05, 0.1) is 19.8 Å². The zero-order valence-electron chi connectivity index (χ0n) is 14.1. The molecule has 0 aliphatic carbocycles. The van der Waals surface area contributed by atoms with Gasteiger partial charge in [0.2, 0.25) is 5.91 Å². The number of furan rings is 1. The number of hydrogen-bond donors (Lipinski definition) is 2. The molecule has 0 spiro atoms. The van der Waals surface area contributed by atoms with E-state index in [4.69, 9.17) is 9.15 Å². The molecule has 0 atom stereocenters. The molecule has 0 bridgehead atoms. The van der Waals surface area contributed by atoms with Gasteiger partial charge in [-0.25, -0.2) is 0 Å². The molecule has 5 heteroatoms. The molecule has 0 fully saturated rings. The van der Waals surface area contributed by atoms with Crippen LogP contribution >= 0.6 is 0 Å². The third-order valence-corrected chi connectivity index (χ3v) is 4.61. The predicted octanol–water partition coefficient (Wildman–Crippen LogP) is 2.90. The fourth-order valence-electron chi connectivity index (χ4n) is 3.22. The normalized spacial score (nSPS) is 13.0. The number of carbonyl (C=O) groups is 1. The van der Waals surface area contributed by atoms with Crippen molar-refractivity contribution in [1.29, 1.82) is 0 Å². The third-order valence-electron chi connectivity index (χ3n) is 4.61. The first-order chi connectivity index (χ1) is 12.2. The van der Waals surface area contributed by atoms with Gasteiger partial charge in [-0.3, -0.25) is 4.79 Å². The van der Waals surface area contributed by atoms with Crippen molar-refractivity contribution >= 4 is 16.9 Å². The summed E-state index contributed by atoms with van der Waals surface area (Å²) >= 11 is 0. The second-order valence-corrected chi connectivity index (χ2v) is 6.28. The van der Waals surface area contributed by atoms with Crippen molar-refractivity contribution in [2.75, 3.05) is 7.11 Å². The highest BCUT2D eigenvalue weighted by Gasteiger charge is 2.13. The maximum absolute atomic E-state index is 12.3. The minimum absolute atomic E-state index is 0.0165. The summed E-state index contributed by atoms with van der Waals surface area (Å²) in [6.07, 6.45) is 1.94. The van der Waals surface area contributed by atoms with Crippen molar-refractivity contribution in [3.8, 4) is 5.75 Å². The minimum Gasteiger partial charge on any atom is -0.497 e. The highest BCUT2D eigenvalue weighted by atomic mass is 16.5. The fourth-order valence-corrected chi connectivity index (χ4v) is 3.22. The maximum atomic E-state index is 12.3. The van der Waals surface area contributed by atoms with E-state index in [1.54, 1.807) is 13.4 Å². The van der Waals surface area contributed by atoms with Gasteiger partial charge in [0, 0.05) is 36.7 Å². The lowest BCUT2D eigenvalue weighted by Gasteiger charge is -2.07. The Bertz CT molecular complexity index is 930. The van der Waals surface area contributed by atoms with Crippen molar-refractivity contribution < 1.29 is 13.9 Å². The van der Waals surface area contributed by atoms with Crippen molar-refractivity contribution in [2.45, 2.75) is 26.1 Å². The molecule has 0 unspecified atom stereocenters. The number of methoxy groups -OCH3 is 1. The number of nitrogens with one attached hydrogen (secondary N) is 2. The van der Waals surface area contributed by atoms with E-state index >= 15 is 0 Å². The number of benzene rings is 2. The zero-order valence-corrected chi connectivity index (χ0v) is 14.1. The molecule has 0 radical (unpaired) electrons. The molecule has 4 rings (SSSR count). The van der Waals surface area contributed by atoms with Crippen molar-refractivity contribution in [1.82, 2.24) is 10.6 Å². The average molecular weight is 336 g/mol. The molecule has 128 valence electrons. The molecule has 5 nitrogen and oxygen atoms in total. The van der Waals surface area contributed by atoms with Crippen LogP contribution in [0.2, 0.25) is 0 Å². The van der Waals surface area contributed by atoms with E-state index in [1.807, 2.05) is 18.2 Å². The highest BCUT2D eigenvalue weighted by molar-refractivity contribution is 5.88. The van der Waals surface area contributed by atoms with Crippen LogP contribution in [0, 0.1) is 0 Å². The number of amides is 1. The number of hydrogen-bond acceptors (Lipinski definition) is 4. The standard InChI is InChI=1S/C20H20N2O3/c1-24-17-4-5-18-16(12-25-19(18)8-17)7-20(23)22-9-13-2-3-14-10-21-11-15(14)6-13/h2-6,8,12,21H,7,9-11H2,1H3,(H,22,23). The predicted molar refractivity (Wildman–Crippen MR) is 95.3 cm³/mol. The molecule has 1 amide bonds. The molecule has 1 aliphatic rings.